The summed E-state index contributed by atoms with van der Waals surface area (Å²) >= 11 is 0. The van der Waals surface area contributed by atoms with Gasteiger partial charge in [0.05, 0.1) is 13.2 Å². The molecular weight excluding hydrogens is 356 g/mol. The average Bonchev–Trinajstić information content (AvgIpc) is 2.74. The van der Waals surface area contributed by atoms with Gasteiger partial charge in [-0.1, -0.05) is 0 Å². The number of piperidine rings is 1. The first-order valence-corrected chi connectivity index (χ1v) is 10.3. The first-order valence-electron chi connectivity index (χ1n) is 10.3. The minimum Gasteiger partial charge on any atom is -0.465 e. The fourth-order valence-electron chi connectivity index (χ4n) is 3.94. The predicted octanol–water partition coefficient (Wildman–Crippen LogP) is 1.33. The molecule has 0 unspecified atom stereocenters. The van der Waals surface area contributed by atoms with Crippen molar-refractivity contribution in [3.63, 3.8) is 0 Å². The van der Waals surface area contributed by atoms with Crippen LogP contribution in [0, 0.1) is 5.92 Å². The minimum atomic E-state index is -0.186. The third-order valence-electron chi connectivity index (χ3n) is 5.64. The average molecular weight is 389 g/mol. The second kappa shape index (κ2) is 9.89. The van der Waals surface area contributed by atoms with Crippen molar-refractivity contribution in [1.29, 1.82) is 0 Å². The summed E-state index contributed by atoms with van der Waals surface area (Å²) in [5.41, 5.74) is 2.14. The number of piperazine rings is 1. The highest BCUT2D eigenvalue weighted by atomic mass is 16.5. The van der Waals surface area contributed by atoms with E-state index < -0.39 is 0 Å². The van der Waals surface area contributed by atoms with Crippen molar-refractivity contribution in [2.75, 3.05) is 69.3 Å². The van der Waals surface area contributed by atoms with Crippen molar-refractivity contribution in [3.8, 4) is 0 Å². The second-order valence-electron chi connectivity index (χ2n) is 7.51. The number of rotatable bonds is 6. The van der Waals surface area contributed by atoms with Crippen LogP contribution in [0.3, 0.4) is 0 Å². The SMILES string of the molecule is CCOC(=O)CN1CCC(C(=O)N(C)c2ccc(N3CCNCC3)cc2)CC1. The Kier molecular flexibility index (Phi) is 7.28. The Morgan fingerprint density at radius 1 is 1.11 bits per heavy atom. The molecule has 0 bridgehead atoms. The van der Waals surface area contributed by atoms with Crippen LogP contribution in [0.25, 0.3) is 0 Å². The van der Waals surface area contributed by atoms with Crippen LogP contribution in [0.2, 0.25) is 0 Å². The normalized spacial score (nSPS) is 18.7. The number of benzene rings is 1. The minimum absolute atomic E-state index is 0.0105. The summed E-state index contributed by atoms with van der Waals surface area (Å²) in [4.78, 5) is 30.7. The first-order chi connectivity index (χ1) is 13.6. The van der Waals surface area contributed by atoms with Crippen molar-refractivity contribution < 1.29 is 14.3 Å². The topological polar surface area (TPSA) is 65.1 Å². The molecular formula is C21H32N4O3. The summed E-state index contributed by atoms with van der Waals surface area (Å²) in [6.45, 7) is 8.09. The number of anilines is 2. The predicted molar refractivity (Wildman–Crippen MR) is 111 cm³/mol. The lowest BCUT2D eigenvalue weighted by Crippen LogP contribution is -2.43. The maximum atomic E-state index is 12.9. The molecule has 2 aliphatic rings. The molecule has 2 aliphatic heterocycles. The molecule has 1 N–H and O–H groups in total. The lowest BCUT2D eigenvalue weighted by molar-refractivity contribution is -0.144. The van der Waals surface area contributed by atoms with Gasteiger partial charge in [-0.3, -0.25) is 14.5 Å². The van der Waals surface area contributed by atoms with E-state index in [4.69, 9.17) is 4.74 Å². The molecule has 1 aromatic rings. The highest BCUT2D eigenvalue weighted by Crippen LogP contribution is 2.25. The van der Waals surface area contributed by atoms with Gasteiger partial charge in [-0.05, 0) is 57.1 Å². The Labute approximate surface area is 167 Å². The monoisotopic (exact) mass is 388 g/mol. The Morgan fingerprint density at radius 2 is 1.75 bits per heavy atom. The van der Waals surface area contributed by atoms with Crippen LogP contribution in [-0.4, -0.2) is 76.2 Å². The summed E-state index contributed by atoms with van der Waals surface area (Å²) in [6, 6.07) is 8.27. The van der Waals surface area contributed by atoms with Gasteiger partial charge in [-0.15, -0.1) is 0 Å². The van der Waals surface area contributed by atoms with Crippen molar-refractivity contribution in [1.82, 2.24) is 10.2 Å². The number of esters is 1. The van der Waals surface area contributed by atoms with Crippen LogP contribution in [-0.2, 0) is 14.3 Å². The molecule has 28 heavy (non-hydrogen) atoms. The van der Waals surface area contributed by atoms with Gasteiger partial charge in [0.1, 0.15) is 0 Å². The maximum absolute atomic E-state index is 12.9. The van der Waals surface area contributed by atoms with Gasteiger partial charge in [0.15, 0.2) is 0 Å². The molecule has 154 valence electrons. The van der Waals surface area contributed by atoms with E-state index in [1.807, 2.05) is 26.1 Å². The summed E-state index contributed by atoms with van der Waals surface area (Å²) < 4.78 is 5.01. The summed E-state index contributed by atoms with van der Waals surface area (Å²) in [5.74, 6) is -0.0176. The zero-order valence-electron chi connectivity index (χ0n) is 17.0. The Hall–Kier alpha value is -2.12. The van der Waals surface area contributed by atoms with Crippen LogP contribution in [0.15, 0.2) is 24.3 Å². The second-order valence-corrected chi connectivity index (χ2v) is 7.51. The van der Waals surface area contributed by atoms with E-state index in [-0.39, 0.29) is 17.8 Å². The third kappa shape index (κ3) is 5.23. The van der Waals surface area contributed by atoms with E-state index in [0.29, 0.717) is 13.2 Å². The van der Waals surface area contributed by atoms with E-state index in [1.165, 1.54) is 5.69 Å². The quantitative estimate of drug-likeness (QED) is 0.742. The molecule has 7 nitrogen and oxygen atoms in total. The van der Waals surface area contributed by atoms with Crippen molar-refractivity contribution in [2.24, 2.45) is 5.92 Å². The molecule has 0 saturated carbocycles. The molecule has 3 rings (SSSR count). The van der Waals surface area contributed by atoms with Gasteiger partial charge >= 0.3 is 5.97 Å². The number of hydrogen-bond donors (Lipinski definition) is 1. The highest BCUT2D eigenvalue weighted by Gasteiger charge is 2.28. The summed E-state index contributed by atoms with van der Waals surface area (Å²) in [5, 5.41) is 3.36. The number of nitrogens with zero attached hydrogens (tertiary/aromatic N) is 3. The zero-order chi connectivity index (χ0) is 19.9. The van der Waals surface area contributed by atoms with E-state index in [0.717, 1.165) is 57.8 Å². The third-order valence-corrected chi connectivity index (χ3v) is 5.64. The molecule has 2 heterocycles. The Morgan fingerprint density at radius 3 is 2.36 bits per heavy atom. The number of carbonyl (C=O) groups is 2. The van der Waals surface area contributed by atoms with Crippen LogP contribution < -0.4 is 15.1 Å². The van der Waals surface area contributed by atoms with Crippen molar-refractivity contribution in [3.05, 3.63) is 24.3 Å². The molecule has 1 amide bonds. The molecule has 2 saturated heterocycles. The number of amides is 1. The molecule has 2 fully saturated rings. The van der Waals surface area contributed by atoms with Gasteiger partial charge < -0.3 is 19.9 Å². The van der Waals surface area contributed by atoms with Gasteiger partial charge in [-0.25, -0.2) is 0 Å². The molecule has 0 aromatic heterocycles. The molecule has 0 atom stereocenters. The fourth-order valence-corrected chi connectivity index (χ4v) is 3.94. The van der Waals surface area contributed by atoms with Gasteiger partial charge in [0.2, 0.25) is 5.91 Å². The van der Waals surface area contributed by atoms with Crippen molar-refractivity contribution in [2.45, 2.75) is 19.8 Å². The van der Waals surface area contributed by atoms with E-state index in [1.54, 1.807) is 4.90 Å². The van der Waals surface area contributed by atoms with Crippen LogP contribution >= 0.6 is 0 Å². The van der Waals surface area contributed by atoms with E-state index in [9.17, 15) is 9.59 Å². The van der Waals surface area contributed by atoms with Crippen LogP contribution in [0.4, 0.5) is 11.4 Å². The van der Waals surface area contributed by atoms with Gasteiger partial charge in [0, 0.05) is 50.5 Å². The number of carbonyl (C=O) groups excluding carboxylic acids is 2. The molecule has 0 radical (unpaired) electrons. The molecule has 7 heteroatoms. The molecule has 0 spiro atoms. The Bertz CT molecular complexity index is 650. The highest BCUT2D eigenvalue weighted by molar-refractivity contribution is 5.94. The maximum Gasteiger partial charge on any atom is 0.320 e. The zero-order valence-corrected chi connectivity index (χ0v) is 17.0. The van der Waals surface area contributed by atoms with Crippen LogP contribution in [0.1, 0.15) is 19.8 Å². The van der Waals surface area contributed by atoms with Gasteiger partial charge in [-0.2, -0.15) is 0 Å². The first kappa shape index (κ1) is 20.6. The number of hydrogen-bond acceptors (Lipinski definition) is 6. The summed E-state index contributed by atoms with van der Waals surface area (Å²) in [7, 11) is 1.85. The lowest BCUT2D eigenvalue weighted by atomic mass is 9.95. The largest absolute Gasteiger partial charge is 0.465 e. The van der Waals surface area contributed by atoms with Crippen LogP contribution in [0.5, 0.6) is 0 Å². The lowest BCUT2D eigenvalue weighted by Gasteiger charge is -2.33. The number of nitrogens with one attached hydrogen (secondary N) is 1. The summed E-state index contributed by atoms with van der Waals surface area (Å²) in [6.07, 6.45) is 1.56. The molecule has 0 aliphatic carbocycles. The van der Waals surface area contributed by atoms with Gasteiger partial charge in [0.25, 0.3) is 0 Å². The Balaban J connectivity index is 1.51. The number of ether oxygens (including phenoxy) is 1. The van der Waals surface area contributed by atoms with E-state index in [2.05, 4.69) is 27.2 Å². The fraction of sp³-hybridized carbons (Fsp3) is 0.619. The molecule has 1 aromatic carbocycles. The number of likely N-dealkylation sites (tertiary alicyclic amines) is 1. The smallest absolute Gasteiger partial charge is 0.320 e. The van der Waals surface area contributed by atoms with E-state index >= 15 is 0 Å². The standard InChI is InChI=1S/C21H32N4O3/c1-3-28-20(26)16-24-12-8-17(9-13-24)21(27)23(2)18-4-6-19(7-5-18)25-14-10-22-11-15-25/h4-7,17,22H,3,8-16H2,1-2H3. The van der Waals surface area contributed by atoms with Crippen molar-refractivity contribution >= 4 is 23.3 Å².